The normalized spacial score (nSPS) is 18.7. The fourth-order valence-electron chi connectivity index (χ4n) is 3.53. The van der Waals surface area contributed by atoms with E-state index in [1.807, 2.05) is 0 Å². The minimum absolute atomic E-state index is 0.286. The molecule has 30 heavy (non-hydrogen) atoms. The zero-order chi connectivity index (χ0) is 21.8. The highest BCUT2D eigenvalue weighted by Crippen LogP contribution is 2.35. The standard InChI is InChI=1S/C22H20F3NO4/c1-29-15-7-4-12(5-8-15)18(22(28)30-2)13-3-6-14(11-13)26-21(27)16-9-10-17(23)20(25)19(16)24/h3-10,13-14,18H,11H2,1-2H3,(H,26,27). The number of rotatable bonds is 6. The molecule has 3 rings (SSSR count). The van der Waals surface area contributed by atoms with Crippen molar-refractivity contribution in [3.63, 3.8) is 0 Å². The van der Waals surface area contributed by atoms with E-state index in [4.69, 9.17) is 9.47 Å². The third kappa shape index (κ3) is 4.32. The van der Waals surface area contributed by atoms with E-state index < -0.39 is 46.9 Å². The fourth-order valence-corrected chi connectivity index (χ4v) is 3.53. The van der Waals surface area contributed by atoms with Crippen LogP contribution in [-0.4, -0.2) is 32.1 Å². The van der Waals surface area contributed by atoms with Crippen LogP contribution in [0.15, 0.2) is 48.6 Å². The van der Waals surface area contributed by atoms with E-state index in [0.717, 1.165) is 11.6 Å². The first-order valence-electron chi connectivity index (χ1n) is 9.20. The fraction of sp³-hybridized carbons (Fsp3) is 0.273. The number of hydrogen-bond donors (Lipinski definition) is 1. The Morgan fingerprint density at radius 1 is 1.00 bits per heavy atom. The Hall–Kier alpha value is -3.29. The zero-order valence-electron chi connectivity index (χ0n) is 16.3. The summed E-state index contributed by atoms with van der Waals surface area (Å²) >= 11 is 0. The second kappa shape index (κ2) is 9.02. The molecule has 2 aromatic carbocycles. The number of nitrogens with one attached hydrogen (secondary N) is 1. The summed E-state index contributed by atoms with van der Waals surface area (Å²) < 4.78 is 50.4. The van der Waals surface area contributed by atoms with Crippen LogP contribution < -0.4 is 10.1 Å². The van der Waals surface area contributed by atoms with Gasteiger partial charge in [0.2, 0.25) is 0 Å². The van der Waals surface area contributed by atoms with Gasteiger partial charge in [0, 0.05) is 6.04 Å². The van der Waals surface area contributed by atoms with Gasteiger partial charge in [-0.2, -0.15) is 0 Å². The summed E-state index contributed by atoms with van der Waals surface area (Å²) in [6, 6.07) is 8.05. The highest BCUT2D eigenvalue weighted by Gasteiger charge is 2.34. The summed E-state index contributed by atoms with van der Waals surface area (Å²) in [6.45, 7) is 0. The lowest BCUT2D eigenvalue weighted by atomic mass is 9.85. The van der Waals surface area contributed by atoms with Crippen LogP contribution in [0.25, 0.3) is 0 Å². The highest BCUT2D eigenvalue weighted by atomic mass is 19.2. The van der Waals surface area contributed by atoms with Gasteiger partial charge in [0.15, 0.2) is 17.5 Å². The maximum Gasteiger partial charge on any atom is 0.313 e. The van der Waals surface area contributed by atoms with E-state index in [-0.39, 0.29) is 5.92 Å². The van der Waals surface area contributed by atoms with Crippen molar-refractivity contribution in [1.82, 2.24) is 5.32 Å². The Labute approximate surface area is 171 Å². The van der Waals surface area contributed by atoms with Crippen molar-refractivity contribution in [2.45, 2.75) is 18.4 Å². The van der Waals surface area contributed by atoms with Gasteiger partial charge in [0.1, 0.15) is 5.75 Å². The molecule has 0 radical (unpaired) electrons. The summed E-state index contributed by atoms with van der Waals surface area (Å²) in [5.41, 5.74) is 0.126. The first-order chi connectivity index (χ1) is 14.3. The Bertz CT molecular complexity index is 975. The SMILES string of the molecule is COC(=O)C(c1ccc(OC)cc1)C1C=CC(NC(=O)c2ccc(F)c(F)c2F)C1. The monoisotopic (exact) mass is 419 g/mol. The summed E-state index contributed by atoms with van der Waals surface area (Å²) in [5.74, 6) is -6.18. The van der Waals surface area contributed by atoms with Gasteiger partial charge >= 0.3 is 5.97 Å². The van der Waals surface area contributed by atoms with Crippen LogP contribution in [0.2, 0.25) is 0 Å². The summed E-state index contributed by atoms with van der Waals surface area (Å²) in [4.78, 5) is 24.7. The van der Waals surface area contributed by atoms with E-state index in [0.29, 0.717) is 18.2 Å². The number of allylic oxidation sites excluding steroid dienone is 1. The van der Waals surface area contributed by atoms with Gasteiger partial charge in [0.25, 0.3) is 5.91 Å². The number of methoxy groups -OCH3 is 2. The van der Waals surface area contributed by atoms with Crippen molar-refractivity contribution in [2.75, 3.05) is 14.2 Å². The quantitative estimate of drug-likeness (QED) is 0.440. The number of hydrogen-bond acceptors (Lipinski definition) is 4. The van der Waals surface area contributed by atoms with Gasteiger partial charge in [-0.15, -0.1) is 0 Å². The Morgan fingerprint density at radius 3 is 2.33 bits per heavy atom. The van der Waals surface area contributed by atoms with Gasteiger partial charge in [-0.1, -0.05) is 24.3 Å². The summed E-state index contributed by atoms with van der Waals surface area (Å²) in [6.07, 6.45) is 3.81. The van der Waals surface area contributed by atoms with E-state index >= 15 is 0 Å². The van der Waals surface area contributed by atoms with Crippen LogP contribution in [0, 0.1) is 23.4 Å². The van der Waals surface area contributed by atoms with Crippen molar-refractivity contribution in [3.8, 4) is 5.75 Å². The molecule has 0 saturated carbocycles. The molecule has 0 saturated heterocycles. The summed E-state index contributed by atoms with van der Waals surface area (Å²) in [7, 11) is 2.83. The molecule has 0 bridgehead atoms. The number of ether oxygens (including phenoxy) is 2. The van der Waals surface area contributed by atoms with Crippen molar-refractivity contribution in [1.29, 1.82) is 0 Å². The van der Waals surface area contributed by atoms with Crippen LogP contribution in [0.3, 0.4) is 0 Å². The van der Waals surface area contributed by atoms with Crippen LogP contribution in [0.5, 0.6) is 5.75 Å². The molecule has 158 valence electrons. The molecule has 0 fully saturated rings. The molecule has 5 nitrogen and oxygen atoms in total. The number of carbonyl (C=O) groups is 2. The summed E-state index contributed by atoms with van der Waals surface area (Å²) in [5, 5.41) is 2.57. The van der Waals surface area contributed by atoms with Gasteiger partial charge in [0.05, 0.1) is 25.7 Å². The number of carbonyl (C=O) groups excluding carboxylic acids is 2. The minimum Gasteiger partial charge on any atom is -0.497 e. The molecule has 0 aromatic heterocycles. The molecule has 1 aliphatic carbocycles. The van der Waals surface area contributed by atoms with Gasteiger partial charge in [-0.3, -0.25) is 9.59 Å². The molecule has 1 aliphatic rings. The largest absolute Gasteiger partial charge is 0.497 e. The smallest absolute Gasteiger partial charge is 0.313 e. The van der Waals surface area contributed by atoms with Gasteiger partial charge in [-0.05, 0) is 42.2 Å². The predicted octanol–water partition coefficient (Wildman–Crippen LogP) is 3.74. The van der Waals surface area contributed by atoms with Crippen LogP contribution >= 0.6 is 0 Å². The van der Waals surface area contributed by atoms with E-state index in [2.05, 4.69) is 5.32 Å². The molecular formula is C22H20F3NO4. The van der Waals surface area contributed by atoms with Crippen molar-refractivity contribution in [2.24, 2.45) is 5.92 Å². The number of halogens is 3. The second-order valence-electron chi connectivity index (χ2n) is 6.86. The molecule has 1 amide bonds. The molecular weight excluding hydrogens is 399 g/mol. The first-order valence-corrected chi connectivity index (χ1v) is 9.20. The molecule has 0 heterocycles. The predicted molar refractivity (Wildman–Crippen MR) is 103 cm³/mol. The lowest BCUT2D eigenvalue weighted by Gasteiger charge is -2.22. The second-order valence-corrected chi connectivity index (χ2v) is 6.86. The Morgan fingerprint density at radius 2 is 1.70 bits per heavy atom. The highest BCUT2D eigenvalue weighted by molar-refractivity contribution is 5.94. The number of benzene rings is 2. The number of esters is 1. The van der Waals surface area contributed by atoms with E-state index in [1.165, 1.54) is 14.2 Å². The molecule has 3 atom stereocenters. The molecule has 3 unspecified atom stereocenters. The van der Waals surface area contributed by atoms with E-state index in [1.54, 1.807) is 36.4 Å². The van der Waals surface area contributed by atoms with Gasteiger partial charge in [-0.25, -0.2) is 13.2 Å². The van der Waals surface area contributed by atoms with Crippen molar-refractivity contribution >= 4 is 11.9 Å². The molecule has 8 heteroatoms. The zero-order valence-corrected chi connectivity index (χ0v) is 16.3. The van der Waals surface area contributed by atoms with E-state index in [9.17, 15) is 22.8 Å². The lowest BCUT2D eigenvalue weighted by Crippen LogP contribution is -2.34. The molecule has 1 N–H and O–H groups in total. The third-order valence-corrected chi connectivity index (χ3v) is 5.07. The molecule has 0 aliphatic heterocycles. The van der Waals surface area contributed by atoms with Crippen LogP contribution in [0.4, 0.5) is 13.2 Å². The number of amides is 1. The van der Waals surface area contributed by atoms with Crippen LogP contribution in [0.1, 0.15) is 28.3 Å². The van der Waals surface area contributed by atoms with Crippen molar-refractivity contribution in [3.05, 3.63) is 77.1 Å². The third-order valence-electron chi connectivity index (χ3n) is 5.07. The average Bonchev–Trinajstić information content (AvgIpc) is 3.20. The molecule has 2 aromatic rings. The minimum atomic E-state index is -1.70. The van der Waals surface area contributed by atoms with Crippen LogP contribution in [-0.2, 0) is 9.53 Å². The lowest BCUT2D eigenvalue weighted by molar-refractivity contribution is -0.143. The average molecular weight is 419 g/mol. The van der Waals surface area contributed by atoms with Gasteiger partial charge < -0.3 is 14.8 Å². The first kappa shape index (κ1) is 21.4. The van der Waals surface area contributed by atoms with Crippen molar-refractivity contribution < 1.29 is 32.2 Å². The maximum absolute atomic E-state index is 13.9. The Kier molecular flexibility index (Phi) is 6.44. The topological polar surface area (TPSA) is 64.6 Å². The molecule has 0 spiro atoms. The Balaban J connectivity index is 1.73. The maximum atomic E-state index is 13.9.